The minimum atomic E-state index is -0.244. The highest BCUT2D eigenvalue weighted by Crippen LogP contribution is 2.22. The fourth-order valence-electron chi connectivity index (χ4n) is 5.19. The molecule has 2 N–H and O–H groups in total. The van der Waals surface area contributed by atoms with Crippen LogP contribution in [0.3, 0.4) is 0 Å². The third-order valence-electron chi connectivity index (χ3n) is 7.28. The topological polar surface area (TPSA) is 87.7 Å². The monoisotopic (exact) mass is 491 g/mol. The molecule has 3 amide bonds. The summed E-state index contributed by atoms with van der Waals surface area (Å²) in [5.74, 6) is -0.445. The Morgan fingerprint density at radius 2 is 1.58 bits per heavy atom. The van der Waals surface area contributed by atoms with Crippen molar-refractivity contribution in [2.24, 2.45) is 5.92 Å². The van der Waals surface area contributed by atoms with Crippen LogP contribution in [-0.2, 0) is 20.9 Å². The van der Waals surface area contributed by atoms with Gasteiger partial charge in [0, 0.05) is 30.7 Å². The number of nitrogens with one attached hydrogen (secondary N) is 2. The molecule has 2 unspecified atom stereocenters. The molecule has 192 valence electrons. The quantitative estimate of drug-likeness (QED) is 0.591. The molecule has 2 fully saturated rings. The smallest absolute Gasteiger partial charge is 0.251 e. The van der Waals surface area contributed by atoms with Crippen molar-refractivity contribution in [2.45, 2.75) is 64.1 Å². The standard InChI is InChI=1S/C29H37N3O4/c1-21-10-5-6-14-24(21)29(35)31-26-16-8-7-15-25(26)30-28(34)23-13-9-17-32(18-23)27(33)20-36-19-22-11-3-2-4-12-22/h2-6,10-12,14,23,25-26H,7-9,13,15-20H2,1H3,(H,30,34)(H,31,35)/t23?,25?,26-/m1/s1. The van der Waals surface area contributed by atoms with Crippen molar-refractivity contribution in [3.8, 4) is 0 Å². The second-order valence-electron chi connectivity index (χ2n) is 9.95. The Kier molecular flexibility index (Phi) is 9.11. The van der Waals surface area contributed by atoms with Crippen LogP contribution in [0.2, 0.25) is 0 Å². The number of rotatable bonds is 8. The molecule has 1 aliphatic carbocycles. The summed E-state index contributed by atoms with van der Waals surface area (Å²) in [6.07, 6.45) is 5.29. The first kappa shape index (κ1) is 25.9. The molecule has 1 saturated carbocycles. The Bertz CT molecular complexity index is 1040. The third kappa shape index (κ3) is 6.94. The van der Waals surface area contributed by atoms with Crippen molar-refractivity contribution in [2.75, 3.05) is 19.7 Å². The number of carbonyl (C=O) groups is 3. The van der Waals surface area contributed by atoms with Gasteiger partial charge >= 0.3 is 0 Å². The van der Waals surface area contributed by atoms with E-state index in [0.29, 0.717) is 25.3 Å². The maximum atomic E-state index is 13.2. The molecule has 1 heterocycles. The van der Waals surface area contributed by atoms with E-state index in [0.717, 1.165) is 49.7 Å². The van der Waals surface area contributed by atoms with E-state index in [9.17, 15) is 14.4 Å². The molecular weight excluding hydrogens is 454 g/mol. The van der Waals surface area contributed by atoms with Gasteiger partial charge in [-0.25, -0.2) is 0 Å². The van der Waals surface area contributed by atoms with Gasteiger partial charge in [0.25, 0.3) is 5.91 Å². The van der Waals surface area contributed by atoms with Crippen molar-refractivity contribution < 1.29 is 19.1 Å². The second-order valence-corrected chi connectivity index (χ2v) is 9.95. The number of hydrogen-bond donors (Lipinski definition) is 2. The second kappa shape index (κ2) is 12.7. The van der Waals surface area contributed by atoms with Crippen LogP contribution < -0.4 is 10.6 Å². The van der Waals surface area contributed by atoms with Crippen LogP contribution in [0, 0.1) is 12.8 Å². The van der Waals surface area contributed by atoms with Gasteiger partial charge in [0.2, 0.25) is 11.8 Å². The number of nitrogens with zero attached hydrogens (tertiary/aromatic N) is 1. The predicted octanol–water partition coefficient (Wildman–Crippen LogP) is 3.61. The minimum Gasteiger partial charge on any atom is -0.367 e. The van der Waals surface area contributed by atoms with E-state index in [-0.39, 0.29) is 42.3 Å². The molecule has 0 bridgehead atoms. The molecule has 36 heavy (non-hydrogen) atoms. The van der Waals surface area contributed by atoms with Crippen LogP contribution in [-0.4, -0.2) is 54.4 Å². The highest BCUT2D eigenvalue weighted by molar-refractivity contribution is 5.95. The van der Waals surface area contributed by atoms with Gasteiger partial charge in [-0.3, -0.25) is 14.4 Å². The number of hydrogen-bond acceptors (Lipinski definition) is 4. The van der Waals surface area contributed by atoms with E-state index in [4.69, 9.17) is 4.74 Å². The van der Waals surface area contributed by atoms with Crippen LogP contribution in [0.4, 0.5) is 0 Å². The maximum Gasteiger partial charge on any atom is 0.251 e. The lowest BCUT2D eigenvalue weighted by Crippen LogP contribution is -2.55. The van der Waals surface area contributed by atoms with Crippen LogP contribution in [0.25, 0.3) is 0 Å². The number of likely N-dealkylation sites (tertiary alicyclic amines) is 1. The minimum absolute atomic E-state index is 0.0128. The first-order valence-electron chi connectivity index (χ1n) is 13.1. The van der Waals surface area contributed by atoms with Crippen LogP contribution in [0.15, 0.2) is 54.6 Å². The summed E-state index contributed by atoms with van der Waals surface area (Å²) in [7, 11) is 0. The molecule has 1 aliphatic heterocycles. The van der Waals surface area contributed by atoms with E-state index >= 15 is 0 Å². The summed E-state index contributed by atoms with van der Waals surface area (Å²) in [5, 5.41) is 6.37. The lowest BCUT2D eigenvalue weighted by Gasteiger charge is -2.36. The van der Waals surface area contributed by atoms with Gasteiger partial charge in [0.05, 0.1) is 12.5 Å². The van der Waals surface area contributed by atoms with E-state index in [1.54, 1.807) is 4.90 Å². The zero-order valence-corrected chi connectivity index (χ0v) is 21.1. The number of benzene rings is 2. The summed E-state index contributed by atoms with van der Waals surface area (Å²) in [6, 6.07) is 17.1. The molecule has 2 aromatic rings. The maximum absolute atomic E-state index is 13.2. The van der Waals surface area contributed by atoms with E-state index in [2.05, 4.69) is 10.6 Å². The lowest BCUT2D eigenvalue weighted by atomic mass is 9.88. The van der Waals surface area contributed by atoms with Crippen LogP contribution in [0.1, 0.15) is 60.0 Å². The molecule has 0 aromatic heterocycles. The highest BCUT2D eigenvalue weighted by Gasteiger charge is 2.33. The first-order valence-corrected chi connectivity index (χ1v) is 13.1. The fraction of sp³-hybridized carbons (Fsp3) is 0.483. The molecule has 1 saturated heterocycles. The molecule has 0 radical (unpaired) electrons. The summed E-state index contributed by atoms with van der Waals surface area (Å²) in [6.45, 7) is 3.39. The summed E-state index contributed by atoms with van der Waals surface area (Å²) < 4.78 is 5.62. The number of ether oxygens (including phenoxy) is 1. The predicted molar refractivity (Wildman–Crippen MR) is 138 cm³/mol. The Morgan fingerprint density at radius 1 is 0.889 bits per heavy atom. The molecule has 2 aliphatic rings. The number of carbonyl (C=O) groups excluding carboxylic acids is 3. The van der Waals surface area contributed by atoms with Gasteiger partial charge in [-0.15, -0.1) is 0 Å². The SMILES string of the molecule is Cc1ccccc1C(=O)N[C@@H]1CCCCC1NC(=O)C1CCCN(C(=O)COCc2ccccc2)C1. The summed E-state index contributed by atoms with van der Waals surface area (Å²) in [4.78, 5) is 40.5. The molecule has 3 atom stereocenters. The lowest BCUT2D eigenvalue weighted by molar-refractivity contribution is -0.140. The van der Waals surface area contributed by atoms with E-state index in [1.807, 2.05) is 61.5 Å². The van der Waals surface area contributed by atoms with E-state index in [1.165, 1.54) is 0 Å². The highest BCUT2D eigenvalue weighted by atomic mass is 16.5. The average molecular weight is 492 g/mol. The normalized spacial score (nSPS) is 22.0. The Labute approximate surface area is 213 Å². The van der Waals surface area contributed by atoms with Gasteiger partial charge in [0.1, 0.15) is 6.61 Å². The van der Waals surface area contributed by atoms with Crippen LogP contribution in [0.5, 0.6) is 0 Å². The van der Waals surface area contributed by atoms with Crippen molar-refractivity contribution in [1.82, 2.24) is 15.5 Å². The molecule has 7 nitrogen and oxygen atoms in total. The van der Waals surface area contributed by atoms with Crippen molar-refractivity contribution in [3.63, 3.8) is 0 Å². The number of piperidine rings is 1. The summed E-state index contributed by atoms with van der Waals surface area (Å²) in [5.41, 5.74) is 2.63. The number of aryl methyl sites for hydroxylation is 1. The average Bonchev–Trinajstić information content (AvgIpc) is 2.90. The van der Waals surface area contributed by atoms with Crippen molar-refractivity contribution in [3.05, 3.63) is 71.3 Å². The molecule has 0 spiro atoms. The van der Waals surface area contributed by atoms with Gasteiger partial charge in [-0.05, 0) is 49.8 Å². The van der Waals surface area contributed by atoms with Gasteiger partial charge in [0.15, 0.2) is 0 Å². The Morgan fingerprint density at radius 3 is 2.33 bits per heavy atom. The van der Waals surface area contributed by atoms with Crippen molar-refractivity contribution in [1.29, 1.82) is 0 Å². The molecule has 2 aromatic carbocycles. The summed E-state index contributed by atoms with van der Waals surface area (Å²) >= 11 is 0. The molecule has 4 rings (SSSR count). The van der Waals surface area contributed by atoms with E-state index < -0.39 is 0 Å². The zero-order chi connectivity index (χ0) is 25.3. The largest absolute Gasteiger partial charge is 0.367 e. The van der Waals surface area contributed by atoms with Gasteiger partial charge in [-0.1, -0.05) is 61.4 Å². The zero-order valence-electron chi connectivity index (χ0n) is 21.1. The van der Waals surface area contributed by atoms with Crippen LogP contribution >= 0.6 is 0 Å². The first-order chi connectivity index (χ1) is 17.5. The third-order valence-corrected chi connectivity index (χ3v) is 7.28. The van der Waals surface area contributed by atoms with Gasteiger partial charge in [-0.2, -0.15) is 0 Å². The Hall–Kier alpha value is -3.19. The molecule has 7 heteroatoms. The number of amides is 3. The van der Waals surface area contributed by atoms with Gasteiger partial charge < -0.3 is 20.3 Å². The Balaban J connectivity index is 1.28. The van der Waals surface area contributed by atoms with Crippen molar-refractivity contribution >= 4 is 17.7 Å². The fourth-order valence-corrected chi connectivity index (χ4v) is 5.19. The molecular formula is C29H37N3O4.